The first-order chi connectivity index (χ1) is 5.49. The molecule has 0 aliphatic rings. The average molecular weight is 170 g/mol. The van der Waals surface area contributed by atoms with E-state index in [4.69, 9.17) is 10.4 Å². The molecular weight excluding hydrogens is 152 g/mol. The summed E-state index contributed by atoms with van der Waals surface area (Å²) in [6.45, 7) is 7.85. The van der Waals surface area contributed by atoms with E-state index < -0.39 is 0 Å². The van der Waals surface area contributed by atoms with Crippen LogP contribution in [0.4, 0.5) is 0 Å². The largest absolute Gasteiger partial charge is 0.396 e. The summed E-state index contributed by atoms with van der Waals surface area (Å²) >= 11 is 0. The SMILES string of the molecule is CC(C)(C)CN(C#N)CCCO. The van der Waals surface area contributed by atoms with Crippen molar-refractivity contribution >= 4 is 0 Å². The van der Waals surface area contributed by atoms with Gasteiger partial charge in [-0.15, -0.1) is 0 Å². The first-order valence-corrected chi connectivity index (χ1v) is 4.25. The molecule has 0 bridgehead atoms. The van der Waals surface area contributed by atoms with Gasteiger partial charge in [0, 0.05) is 19.7 Å². The lowest BCUT2D eigenvalue weighted by Gasteiger charge is -2.25. The molecule has 0 aromatic heterocycles. The fourth-order valence-corrected chi connectivity index (χ4v) is 0.999. The molecule has 0 aliphatic carbocycles. The van der Waals surface area contributed by atoms with Crippen LogP contribution in [0.3, 0.4) is 0 Å². The van der Waals surface area contributed by atoms with Gasteiger partial charge in [-0.05, 0) is 11.8 Å². The molecule has 70 valence electrons. The fourth-order valence-electron chi connectivity index (χ4n) is 0.999. The van der Waals surface area contributed by atoms with E-state index in [1.807, 2.05) is 0 Å². The first kappa shape index (κ1) is 11.2. The quantitative estimate of drug-likeness (QED) is 0.509. The molecule has 0 radical (unpaired) electrons. The molecule has 0 unspecified atom stereocenters. The normalized spacial score (nSPS) is 10.9. The van der Waals surface area contributed by atoms with E-state index in [1.165, 1.54) is 0 Å². The number of rotatable bonds is 4. The zero-order valence-electron chi connectivity index (χ0n) is 8.17. The molecule has 0 atom stereocenters. The molecule has 0 spiro atoms. The van der Waals surface area contributed by atoms with Crippen LogP contribution in [0.15, 0.2) is 0 Å². The Morgan fingerprint density at radius 1 is 1.42 bits per heavy atom. The molecule has 0 aromatic rings. The van der Waals surface area contributed by atoms with Gasteiger partial charge in [0.15, 0.2) is 6.19 Å². The molecule has 0 aromatic carbocycles. The number of hydrogen-bond acceptors (Lipinski definition) is 3. The predicted molar refractivity (Wildman–Crippen MR) is 48.3 cm³/mol. The van der Waals surface area contributed by atoms with E-state index in [0.717, 1.165) is 6.54 Å². The van der Waals surface area contributed by atoms with Crippen molar-refractivity contribution in [3.05, 3.63) is 0 Å². The van der Waals surface area contributed by atoms with Gasteiger partial charge in [0.05, 0.1) is 0 Å². The van der Waals surface area contributed by atoms with Crippen LogP contribution in [-0.2, 0) is 0 Å². The molecule has 0 saturated heterocycles. The highest BCUT2D eigenvalue weighted by molar-refractivity contribution is 4.78. The monoisotopic (exact) mass is 170 g/mol. The van der Waals surface area contributed by atoms with E-state index in [0.29, 0.717) is 13.0 Å². The van der Waals surface area contributed by atoms with Gasteiger partial charge in [-0.3, -0.25) is 0 Å². The predicted octanol–water partition coefficient (Wildman–Crippen LogP) is 1.20. The number of nitrogens with zero attached hydrogens (tertiary/aromatic N) is 2. The lowest BCUT2D eigenvalue weighted by Crippen LogP contribution is -2.30. The van der Waals surface area contributed by atoms with Crippen molar-refractivity contribution in [3.63, 3.8) is 0 Å². The smallest absolute Gasteiger partial charge is 0.179 e. The summed E-state index contributed by atoms with van der Waals surface area (Å²) in [7, 11) is 0. The third kappa shape index (κ3) is 5.99. The molecule has 12 heavy (non-hydrogen) atoms. The van der Waals surface area contributed by atoms with Gasteiger partial charge in [0.2, 0.25) is 0 Å². The standard InChI is InChI=1S/C9H18N2O/c1-9(2,3)7-11(8-10)5-4-6-12/h12H,4-7H2,1-3H3. The van der Waals surface area contributed by atoms with Gasteiger partial charge >= 0.3 is 0 Å². The fraction of sp³-hybridized carbons (Fsp3) is 0.889. The Labute approximate surface area is 74.6 Å². The molecule has 0 amide bonds. The van der Waals surface area contributed by atoms with Crippen LogP contribution < -0.4 is 0 Å². The third-order valence-electron chi connectivity index (χ3n) is 1.39. The number of aliphatic hydroxyl groups excluding tert-OH is 1. The van der Waals surface area contributed by atoms with Crippen molar-refractivity contribution in [2.24, 2.45) is 5.41 Å². The van der Waals surface area contributed by atoms with Crippen LogP contribution in [0.2, 0.25) is 0 Å². The second kappa shape index (κ2) is 5.00. The summed E-state index contributed by atoms with van der Waals surface area (Å²) in [4.78, 5) is 1.69. The molecule has 0 saturated carbocycles. The van der Waals surface area contributed by atoms with E-state index in [9.17, 15) is 0 Å². The van der Waals surface area contributed by atoms with E-state index >= 15 is 0 Å². The first-order valence-electron chi connectivity index (χ1n) is 4.25. The number of nitriles is 1. The van der Waals surface area contributed by atoms with Gasteiger partial charge in [-0.1, -0.05) is 20.8 Å². The Kier molecular flexibility index (Phi) is 4.68. The molecule has 0 aliphatic heterocycles. The summed E-state index contributed by atoms with van der Waals surface area (Å²) in [5.41, 5.74) is 0.144. The highest BCUT2D eigenvalue weighted by Gasteiger charge is 2.14. The van der Waals surface area contributed by atoms with Crippen molar-refractivity contribution in [1.29, 1.82) is 5.26 Å². The maximum atomic E-state index is 8.71. The van der Waals surface area contributed by atoms with E-state index in [2.05, 4.69) is 27.0 Å². The average Bonchev–Trinajstić information content (AvgIpc) is 1.95. The van der Waals surface area contributed by atoms with E-state index in [-0.39, 0.29) is 12.0 Å². The second-order valence-corrected chi connectivity index (χ2v) is 4.16. The number of aliphatic hydroxyl groups is 1. The minimum atomic E-state index is 0.144. The van der Waals surface area contributed by atoms with Gasteiger partial charge < -0.3 is 10.0 Å². The van der Waals surface area contributed by atoms with Crippen LogP contribution in [-0.4, -0.2) is 29.7 Å². The highest BCUT2D eigenvalue weighted by Crippen LogP contribution is 2.14. The Balaban J connectivity index is 3.78. The van der Waals surface area contributed by atoms with E-state index in [1.54, 1.807) is 4.90 Å². The Hall–Kier alpha value is -0.750. The Morgan fingerprint density at radius 3 is 2.33 bits per heavy atom. The molecule has 1 N–H and O–H groups in total. The lowest BCUT2D eigenvalue weighted by molar-refractivity contribution is 0.225. The van der Waals surface area contributed by atoms with Crippen LogP contribution in [0.5, 0.6) is 0 Å². The van der Waals surface area contributed by atoms with Crippen LogP contribution >= 0.6 is 0 Å². The summed E-state index contributed by atoms with van der Waals surface area (Å²) in [6, 6.07) is 0. The molecule has 0 heterocycles. The lowest BCUT2D eigenvalue weighted by atomic mass is 9.96. The van der Waals surface area contributed by atoms with Gasteiger partial charge in [-0.2, -0.15) is 5.26 Å². The Bertz CT molecular complexity index is 155. The zero-order valence-corrected chi connectivity index (χ0v) is 8.17. The van der Waals surface area contributed by atoms with Gasteiger partial charge in [0.25, 0.3) is 0 Å². The van der Waals surface area contributed by atoms with Crippen molar-refractivity contribution in [2.45, 2.75) is 27.2 Å². The van der Waals surface area contributed by atoms with Crippen molar-refractivity contribution in [1.82, 2.24) is 4.90 Å². The maximum Gasteiger partial charge on any atom is 0.179 e. The summed E-state index contributed by atoms with van der Waals surface area (Å²) < 4.78 is 0. The van der Waals surface area contributed by atoms with Crippen molar-refractivity contribution in [2.75, 3.05) is 19.7 Å². The molecule has 3 nitrogen and oxygen atoms in total. The minimum Gasteiger partial charge on any atom is -0.396 e. The molecular formula is C9H18N2O. The summed E-state index contributed by atoms with van der Waals surface area (Å²) in [6.07, 6.45) is 2.79. The third-order valence-corrected chi connectivity index (χ3v) is 1.39. The van der Waals surface area contributed by atoms with Crippen LogP contribution in [0, 0.1) is 16.9 Å². The topological polar surface area (TPSA) is 47.3 Å². The second-order valence-electron chi connectivity index (χ2n) is 4.16. The Morgan fingerprint density at radius 2 is 2.00 bits per heavy atom. The van der Waals surface area contributed by atoms with Crippen LogP contribution in [0.1, 0.15) is 27.2 Å². The number of hydrogen-bond donors (Lipinski definition) is 1. The maximum absolute atomic E-state index is 8.71. The molecule has 0 rings (SSSR count). The van der Waals surface area contributed by atoms with Crippen molar-refractivity contribution in [3.8, 4) is 6.19 Å². The van der Waals surface area contributed by atoms with Crippen molar-refractivity contribution < 1.29 is 5.11 Å². The highest BCUT2D eigenvalue weighted by atomic mass is 16.3. The zero-order chi connectivity index (χ0) is 9.61. The minimum absolute atomic E-state index is 0.144. The molecule has 3 heteroatoms. The van der Waals surface area contributed by atoms with Crippen LogP contribution in [0.25, 0.3) is 0 Å². The summed E-state index contributed by atoms with van der Waals surface area (Å²) in [5, 5.41) is 17.3. The van der Waals surface area contributed by atoms with Gasteiger partial charge in [-0.25, -0.2) is 0 Å². The molecule has 0 fully saturated rings. The van der Waals surface area contributed by atoms with Gasteiger partial charge in [0.1, 0.15) is 0 Å². The summed E-state index contributed by atoms with van der Waals surface area (Å²) in [5.74, 6) is 0.